The van der Waals surface area contributed by atoms with Gasteiger partial charge in [-0.3, -0.25) is 0 Å². The Balaban J connectivity index is 2.78. The lowest BCUT2D eigenvalue weighted by molar-refractivity contribution is 0.567. The van der Waals surface area contributed by atoms with Crippen LogP contribution in [0.1, 0.15) is 5.56 Å². The molecule has 0 aromatic carbocycles. The van der Waals surface area contributed by atoms with Crippen LogP contribution in [0.3, 0.4) is 0 Å². The topological polar surface area (TPSA) is 13.1 Å². The van der Waals surface area contributed by atoms with Crippen LogP contribution >= 0.6 is 0 Å². The predicted octanol–water partition coefficient (Wildman–Crippen LogP) is 2.69. The monoisotopic (exact) mass is 132 g/mol. The summed E-state index contributed by atoms with van der Waals surface area (Å²) in [6.45, 7) is 2.08. The zero-order valence-corrected chi connectivity index (χ0v) is 5.79. The van der Waals surface area contributed by atoms with Crippen LogP contribution in [0.5, 0.6) is 0 Å². The minimum Gasteiger partial charge on any atom is -0.464 e. The molecule has 0 bridgehead atoms. The van der Waals surface area contributed by atoms with E-state index in [0.717, 1.165) is 5.76 Å². The van der Waals surface area contributed by atoms with E-state index in [1.807, 2.05) is 12.1 Å². The van der Waals surface area contributed by atoms with Crippen molar-refractivity contribution in [2.45, 2.75) is 6.92 Å². The third-order valence-electron chi connectivity index (χ3n) is 1.71. The Morgan fingerprint density at radius 3 is 2.90 bits per heavy atom. The molecule has 50 valence electrons. The second-order valence-corrected chi connectivity index (χ2v) is 2.41. The summed E-state index contributed by atoms with van der Waals surface area (Å²) in [7, 11) is 0. The van der Waals surface area contributed by atoms with E-state index >= 15 is 0 Å². The van der Waals surface area contributed by atoms with E-state index in [9.17, 15) is 0 Å². The Bertz CT molecular complexity index is 309. The summed E-state index contributed by atoms with van der Waals surface area (Å²) in [5.41, 5.74) is 2.49. The largest absolute Gasteiger partial charge is 0.464 e. The zero-order valence-electron chi connectivity index (χ0n) is 5.79. The van der Waals surface area contributed by atoms with E-state index in [0.29, 0.717) is 0 Å². The molecule has 1 heteroatoms. The SMILES string of the molecule is Cc1ccc2occcc1-2. The first-order valence-electron chi connectivity index (χ1n) is 3.31. The molecule has 2 rings (SSSR count). The van der Waals surface area contributed by atoms with Crippen molar-refractivity contribution in [1.82, 2.24) is 0 Å². The van der Waals surface area contributed by atoms with Crippen LogP contribution in [0.15, 0.2) is 34.9 Å². The summed E-state index contributed by atoms with van der Waals surface area (Å²) >= 11 is 0. The first-order chi connectivity index (χ1) is 4.88. The van der Waals surface area contributed by atoms with Crippen LogP contribution in [0.2, 0.25) is 0 Å². The lowest BCUT2D eigenvalue weighted by Crippen LogP contribution is -1.72. The highest BCUT2D eigenvalue weighted by atomic mass is 16.3. The van der Waals surface area contributed by atoms with Gasteiger partial charge in [0.25, 0.3) is 0 Å². The Hall–Kier alpha value is -1.24. The van der Waals surface area contributed by atoms with E-state index in [-0.39, 0.29) is 0 Å². The highest BCUT2D eigenvalue weighted by Gasteiger charge is 2.04. The van der Waals surface area contributed by atoms with Gasteiger partial charge >= 0.3 is 0 Å². The Labute approximate surface area is 59.6 Å². The quantitative estimate of drug-likeness (QED) is 0.537. The van der Waals surface area contributed by atoms with Crippen molar-refractivity contribution in [3.63, 3.8) is 0 Å². The molecule has 10 heavy (non-hydrogen) atoms. The van der Waals surface area contributed by atoms with Crippen molar-refractivity contribution in [1.29, 1.82) is 0 Å². The second-order valence-electron chi connectivity index (χ2n) is 2.41. The minimum atomic E-state index is 0.972. The fourth-order valence-corrected chi connectivity index (χ4v) is 1.14. The average Bonchev–Trinajstić information content (AvgIpc) is 2.34. The maximum atomic E-state index is 5.23. The fraction of sp³-hybridized carbons (Fsp3) is 0.111. The molecule has 1 nitrogen and oxygen atoms in total. The van der Waals surface area contributed by atoms with Gasteiger partial charge in [-0.2, -0.15) is 0 Å². The van der Waals surface area contributed by atoms with Crippen LogP contribution in [0.25, 0.3) is 11.3 Å². The standard InChI is InChI=1S/C9H8O/c1-7-4-5-9-8(7)3-2-6-10-9/h2-6H,1H3. The number of rotatable bonds is 0. The normalized spacial score (nSPS) is 10.5. The van der Waals surface area contributed by atoms with Crippen molar-refractivity contribution in [3.05, 3.63) is 36.1 Å². The van der Waals surface area contributed by atoms with Crippen molar-refractivity contribution in [2.75, 3.05) is 0 Å². The molecule has 1 aliphatic carbocycles. The van der Waals surface area contributed by atoms with Gasteiger partial charge in [0.2, 0.25) is 0 Å². The van der Waals surface area contributed by atoms with Crippen molar-refractivity contribution >= 4 is 0 Å². The number of hydrogen-bond acceptors (Lipinski definition) is 1. The lowest BCUT2D eigenvalue weighted by Gasteiger charge is -1.95. The molecule has 0 atom stereocenters. The molecule has 0 saturated carbocycles. The molecule has 0 spiro atoms. The van der Waals surface area contributed by atoms with Crippen LogP contribution in [-0.4, -0.2) is 0 Å². The van der Waals surface area contributed by atoms with Gasteiger partial charge < -0.3 is 4.42 Å². The molecule has 0 aromatic rings. The molecule has 0 unspecified atom stereocenters. The molecule has 0 saturated heterocycles. The third-order valence-corrected chi connectivity index (χ3v) is 1.71. The molecule has 2 aliphatic rings. The molecule has 1 aliphatic heterocycles. The van der Waals surface area contributed by atoms with Gasteiger partial charge in [-0.15, -0.1) is 0 Å². The summed E-state index contributed by atoms with van der Waals surface area (Å²) in [4.78, 5) is 0. The highest BCUT2D eigenvalue weighted by Crippen LogP contribution is 2.25. The van der Waals surface area contributed by atoms with Crippen LogP contribution < -0.4 is 0 Å². The Morgan fingerprint density at radius 1 is 1.20 bits per heavy atom. The molecule has 0 radical (unpaired) electrons. The number of aryl methyl sites for hydroxylation is 1. The Morgan fingerprint density at radius 2 is 2.10 bits per heavy atom. The molecule has 0 fully saturated rings. The zero-order chi connectivity index (χ0) is 6.97. The molecule has 0 amide bonds. The Kier molecular flexibility index (Phi) is 1.04. The first-order valence-corrected chi connectivity index (χ1v) is 3.31. The summed E-state index contributed by atoms with van der Waals surface area (Å²) < 4.78 is 5.23. The van der Waals surface area contributed by atoms with Crippen LogP contribution in [-0.2, 0) is 0 Å². The molecule has 0 N–H and O–H groups in total. The number of hydrogen-bond donors (Lipinski definition) is 0. The minimum absolute atomic E-state index is 0.972. The summed E-state index contributed by atoms with van der Waals surface area (Å²) in [6.07, 6.45) is 1.70. The maximum Gasteiger partial charge on any atom is 0.134 e. The second kappa shape index (κ2) is 1.87. The van der Waals surface area contributed by atoms with E-state index in [2.05, 4.69) is 19.1 Å². The van der Waals surface area contributed by atoms with Gasteiger partial charge in [0.1, 0.15) is 5.76 Å². The third kappa shape index (κ3) is 0.637. The fourth-order valence-electron chi connectivity index (χ4n) is 1.14. The maximum absolute atomic E-state index is 5.23. The van der Waals surface area contributed by atoms with Gasteiger partial charge in [0.05, 0.1) is 6.26 Å². The predicted molar refractivity (Wildman–Crippen MR) is 40.1 cm³/mol. The van der Waals surface area contributed by atoms with Crippen molar-refractivity contribution in [2.24, 2.45) is 0 Å². The van der Waals surface area contributed by atoms with Crippen LogP contribution in [0.4, 0.5) is 0 Å². The van der Waals surface area contributed by atoms with E-state index in [4.69, 9.17) is 4.42 Å². The van der Waals surface area contributed by atoms with Gasteiger partial charge in [-0.1, -0.05) is 6.07 Å². The van der Waals surface area contributed by atoms with Crippen LogP contribution in [0, 0.1) is 6.92 Å². The van der Waals surface area contributed by atoms with Gasteiger partial charge in [-0.05, 0) is 30.7 Å². The molecule has 1 heterocycles. The van der Waals surface area contributed by atoms with Gasteiger partial charge in [0, 0.05) is 5.56 Å². The molecular weight excluding hydrogens is 124 g/mol. The summed E-state index contributed by atoms with van der Waals surface area (Å²) in [5.74, 6) is 0.972. The highest BCUT2D eigenvalue weighted by molar-refractivity contribution is 5.64. The average molecular weight is 132 g/mol. The van der Waals surface area contributed by atoms with E-state index < -0.39 is 0 Å². The van der Waals surface area contributed by atoms with E-state index in [1.165, 1.54) is 11.1 Å². The van der Waals surface area contributed by atoms with E-state index in [1.54, 1.807) is 6.26 Å². The van der Waals surface area contributed by atoms with Gasteiger partial charge in [-0.25, -0.2) is 0 Å². The molecule has 0 aromatic heterocycles. The first kappa shape index (κ1) is 5.54. The van der Waals surface area contributed by atoms with Crippen molar-refractivity contribution in [3.8, 4) is 11.3 Å². The lowest BCUT2D eigenvalue weighted by atomic mass is 10.2. The molecular formula is C9H8O. The smallest absolute Gasteiger partial charge is 0.134 e. The van der Waals surface area contributed by atoms with Crippen molar-refractivity contribution < 1.29 is 4.42 Å². The van der Waals surface area contributed by atoms with Gasteiger partial charge in [0.15, 0.2) is 0 Å². The number of fused-ring (bicyclic) bond motifs is 1. The summed E-state index contributed by atoms with van der Waals surface area (Å²) in [6, 6.07) is 8.03. The summed E-state index contributed by atoms with van der Waals surface area (Å²) in [5, 5.41) is 0.